The SMILES string of the molecule is C=Cc1cc(-c2ccc(OC(=O)C(=C)C)cc2)ccc1-c1ccc(OC(=O)C(=C)C)cc1. The molecule has 3 rings (SSSR count). The molecule has 0 aliphatic carbocycles. The Labute approximate surface area is 188 Å². The van der Waals surface area contributed by atoms with E-state index in [1.54, 1.807) is 44.2 Å². The molecule has 0 heterocycles. The second-order valence-electron chi connectivity index (χ2n) is 7.39. The molecule has 0 saturated heterocycles. The van der Waals surface area contributed by atoms with E-state index in [1.165, 1.54) is 0 Å². The minimum atomic E-state index is -0.450. The maximum atomic E-state index is 11.7. The molecule has 0 saturated carbocycles. The standard InChI is InChI=1S/C28H24O4/c1-6-20-17-23(21-7-12-24(13-8-21)31-27(29)18(2)3)11-16-26(20)22-9-14-25(15-10-22)32-28(30)19(4)5/h6-17H,1-2,4H2,3,5H3. The molecule has 0 bridgehead atoms. The van der Waals surface area contributed by atoms with Crippen molar-refractivity contribution < 1.29 is 19.1 Å². The Morgan fingerprint density at radius 3 is 1.56 bits per heavy atom. The Hall–Kier alpha value is -4.18. The fourth-order valence-corrected chi connectivity index (χ4v) is 2.98. The van der Waals surface area contributed by atoms with Crippen molar-refractivity contribution in [3.8, 4) is 33.8 Å². The first kappa shape index (κ1) is 22.5. The van der Waals surface area contributed by atoms with Gasteiger partial charge in [0.1, 0.15) is 11.5 Å². The van der Waals surface area contributed by atoms with Crippen molar-refractivity contribution in [2.24, 2.45) is 0 Å². The van der Waals surface area contributed by atoms with Gasteiger partial charge in [-0.25, -0.2) is 9.59 Å². The number of hydrogen-bond acceptors (Lipinski definition) is 4. The summed E-state index contributed by atoms with van der Waals surface area (Å²) < 4.78 is 10.5. The van der Waals surface area contributed by atoms with E-state index in [-0.39, 0.29) is 0 Å². The molecule has 0 aliphatic heterocycles. The van der Waals surface area contributed by atoms with E-state index in [1.807, 2.05) is 42.5 Å². The van der Waals surface area contributed by atoms with E-state index >= 15 is 0 Å². The average molecular weight is 424 g/mol. The lowest BCUT2D eigenvalue weighted by atomic mass is 9.95. The van der Waals surface area contributed by atoms with Crippen molar-refractivity contribution in [3.05, 3.63) is 103 Å². The fraction of sp³-hybridized carbons (Fsp3) is 0.0714. The van der Waals surface area contributed by atoms with Crippen LogP contribution in [-0.2, 0) is 9.59 Å². The van der Waals surface area contributed by atoms with Crippen LogP contribution in [0.5, 0.6) is 11.5 Å². The molecule has 0 fully saturated rings. The summed E-state index contributed by atoms with van der Waals surface area (Å²) in [5.41, 5.74) is 5.64. The zero-order valence-electron chi connectivity index (χ0n) is 18.2. The van der Waals surface area contributed by atoms with Crippen molar-refractivity contribution in [2.45, 2.75) is 13.8 Å². The lowest BCUT2D eigenvalue weighted by Gasteiger charge is -2.11. The number of carbonyl (C=O) groups excluding carboxylic acids is 2. The van der Waals surface area contributed by atoms with Gasteiger partial charge in [0.25, 0.3) is 0 Å². The van der Waals surface area contributed by atoms with Gasteiger partial charge in [-0.1, -0.05) is 62.2 Å². The van der Waals surface area contributed by atoms with E-state index in [2.05, 4.69) is 19.7 Å². The molecular weight excluding hydrogens is 400 g/mol. The topological polar surface area (TPSA) is 52.6 Å². The molecule has 160 valence electrons. The minimum absolute atomic E-state index is 0.348. The number of carbonyl (C=O) groups is 2. The predicted octanol–water partition coefficient (Wildman–Crippen LogP) is 6.63. The molecule has 3 aromatic carbocycles. The Balaban J connectivity index is 1.82. The normalized spacial score (nSPS) is 10.2. The molecule has 3 aromatic rings. The molecule has 0 N–H and O–H groups in total. The molecule has 0 spiro atoms. The van der Waals surface area contributed by atoms with Crippen molar-refractivity contribution in [1.29, 1.82) is 0 Å². The first-order valence-corrected chi connectivity index (χ1v) is 10.0. The number of benzene rings is 3. The molecule has 4 heteroatoms. The highest BCUT2D eigenvalue weighted by Crippen LogP contribution is 2.31. The average Bonchev–Trinajstić information content (AvgIpc) is 2.79. The molecule has 0 aromatic heterocycles. The monoisotopic (exact) mass is 424 g/mol. The van der Waals surface area contributed by atoms with Crippen LogP contribution in [0.1, 0.15) is 19.4 Å². The van der Waals surface area contributed by atoms with Gasteiger partial charge in [0.05, 0.1) is 0 Å². The summed E-state index contributed by atoms with van der Waals surface area (Å²) in [4.78, 5) is 23.3. The Kier molecular flexibility index (Phi) is 6.86. The molecule has 4 nitrogen and oxygen atoms in total. The van der Waals surface area contributed by atoms with Gasteiger partial charge in [-0.2, -0.15) is 0 Å². The second kappa shape index (κ2) is 9.75. The quantitative estimate of drug-likeness (QED) is 0.243. The third-order valence-corrected chi connectivity index (χ3v) is 4.74. The molecule has 32 heavy (non-hydrogen) atoms. The summed E-state index contributed by atoms with van der Waals surface area (Å²) in [6.45, 7) is 14.3. The lowest BCUT2D eigenvalue weighted by Crippen LogP contribution is -2.07. The van der Waals surface area contributed by atoms with E-state index in [0.29, 0.717) is 22.6 Å². The van der Waals surface area contributed by atoms with Crippen LogP contribution in [-0.4, -0.2) is 11.9 Å². The van der Waals surface area contributed by atoms with Crippen LogP contribution in [0.2, 0.25) is 0 Å². The zero-order chi connectivity index (χ0) is 23.3. The van der Waals surface area contributed by atoms with E-state index < -0.39 is 11.9 Å². The van der Waals surface area contributed by atoms with Gasteiger partial charge in [0.2, 0.25) is 0 Å². The van der Waals surface area contributed by atoms with Gasteiger partial charge < -0.3 is 9.47 Å². The Morgan fingerprint density at radius 2 is 1.12 bits per heavy atom. The van der Waals surface area contributed by atoms with Crippen molar-refractivity contribution in [1.82, 2.24) is 0 Å². The van der Waals surface area contributed by atoms with Crippen LogP contribution in [0.15, 0.2) is 97.6 Å². The Bertz CT molecular complexity index is 1200. The van der Waals surface area contributed by atoms with Gasteiger partial charge in [0, 0.05) is 11.1 Å². The first-order valence-electron chi connectivity index (χ1n) is 10.0. The van der Waals surface area contributed by atoms with Crippen molar-refractivity contribution >= 4 is 18.0 Å². The van der Waals surface area contributed by atoms with Crippen LogP contribution in [0.4, 0.5) is 0 Å². The summed E-state index contributed by atoms with van der Waals surface area (Å²) >= 11 is 0. The smallest absolute Gasteiger partial charge is 0.338 e. The number of esters is 2. The highest BCUT2D eigenvalue weighted by Gasteiger charge is 2.10. The van der Waals surface area contributed by atoms with Crippen LogP contribution >= 0.6 is 0 Å². The van der Waals surface area contributed by atoms with Gasteiger partial charge in [-0.15, -0.1) is 0 Å². The summed E-state index contributed by atoms with van der Waals surface area (Å²) in [5, 5.41) is 0. The molecule has 0 unspecified atom stereocenters. The fourth-order valence-electron chi connectivity index (χ4n) is 2.98. The number of hydrogen-bond donors (Lipinski definition) is 0. The van der Waals surface area contributed by atoms with Gasteiger partial charge >= 0.3 is 11.9 Å². The van der Waals surface area contributed by atoms with Crippen LogP contribution in [0, 0.1) is 0 Å². The van der Waals surface area contributed by atoms with E-state index in [9.17, 15) is 9.59 Å². The zero-order valence-corrected chi connectivity index (χ0v) is 18.2. The predicted molar refractivity (Wildman–Crippen MR) is 128 cm³/mol. The maximum absolute atomic E-state index is 11.7. The minimum Gasteiger partial charge on any atom is -0.423 e. The van der Waals surface area contributed by atoms with Gasteiger partial charge in [-0.3, -0.25) is 0 Å². The van der Waals surface area contributed by atoms with Gasteiger partial charge in [0.15, 0.2) is 0 Å². The third kappa shape index (κ3) is 5.29. The van der Waals surface area contributed by atoms with Crippen molar-refractivity contribution in [3.63, 3.8) is 0 Å². The first-order chi connectivity index (χ1) is 15.3. The summed E-state index contributed by atoms with van der Waals surface area (Å²) in [6.07, 6.45) is 1.80. The molecule has 0 aliphatic rings. The lowest BCUT2D eigenvalue weighted by molar-refractivity contribution is -0.130. The van der Waals surface area contributed by atoms with Crippen LogP contribution in [0.3, 0.4) is 0 Å². The van der Waals surface area contributed by atoms with E-state index in [4.69, 9.17) is 9.47 Å². The second-order valence-corrected chi connectivity index (χ2v) is 7.39. The maximum Gasteiger partial charge on any atom is 0.338 e. The largest absolute Gasteiger partial charge is 0.423 e. The summed E-state index contributed by atoms with van der Waals surface area (Å²) in [5.74, 6) is 0.0338. The number of rotatable bonds is 7. The Morgan fingerprint density at radius 1 is 0.688 bits per heavy atom. The van der Waals surface area contributed by atoms with Crippen LogP contribution in [0.25, 0.3) is 28.3 Å². The highest BCUT2D eigenvalue weighted by molar-refractivity contribution is 5.89. The summed E-state index contributed by atoms with van der Waals surface area (Å²) in [7, 11) is 0. The van der Waals surface area contributed by atoms with E-state index in [0.717, 1.165) is 27.8 Å². The number of ether oxygens (including phenoxy) is 2. The van der Waals surface area contributed by atoms with Crippen molar-refractivity contribution in [2.75, 3.05) is 0 Å². The molecule has 0 atom stereocenters. The van der Waals surface area contributed by atoms with Crippen LogP contribution < -0.4 is 9.47 Å². The third-order valence-electron chi connectivity index (χ3n) is 4.74. The summed E-state index contributed by atoms with van der Waals surface area (Å²) in [6, 6.07) is 20.7. The molecule has 0 radical (unpaired) electrons. The molecular formula is C28H24O4. The van der Waals surface area contributed by atoms with Gasteiger partial charge in [-0.05, 0) is 72.0 Å². The molecule has 0 amide bonds. The highest BCUT2D eigenvalue weighted by atomic mass is 16.5.